The number of hydrogen-bond donors (Lipinski definition) is 1. The molecule has 1 N–H and O–H groups in total. The molecule has 0 radical (unpaired) electrons. The molecule has 0 fully saturated rings. The number of anilines is 1. The molecule has 4 amide bonds. The van der Waals surface area contributed by atoms with Gasteiger partial charge in [-0.05, 0) is 30.7 Å². The molecule has 8 nitrogen and oxygen atoms in total. The maximum absolute atomic E-state index is 12.6. The lowest BCUT2D eigenvalue weighted by atomic mass is 10.3. The molecule has 138 valence electrons. The van der Waals surface area contributed by atoms with Gasteiger partial charge in [0, 0.05) is 26.3 Å². The van der Waals surface area contributed by atoms with Crippen LogP contribution in [0.5, 0.6) is 5.75 Å². The summed E-state index contributed by atoms with van der Waals surface area (Å²) >= 11 is 0. The van der Waals surface area contributed by atoms with Crippen molar-refractivity contribution in [1.29, 1.82) is 0 Å². The van der Waals surface area contributed by atoms with Crippen LogP contribution in [0.4, 0.5) is 15.3 Å². The molecule has 0 heterocycles. The number of aliphatic imine (C=N–C) groups is 1. The molecule has 0 aliphatic heterocycles. The number of benzene rings is 1. The Labute approximate surface area is 148 Å². The van der Waals surface area contributed by atoms with Gasteiger partial charge in [-0.1, -0.05) is 13.3 Å². The monoisotopic (exact) mass is 350 g/mol. The van der Waals surface area contributed by atoms with Gasteiger partial charge in [0.05, 0.1) is 14.2 Å². The Morgan fingerprint density at radius 3 is 2.28 bits per heavy atom. The molecule has 1 aromatic rings. The maximum atomic E-state index is 12.6. The normalized spacial score (nSPS) is 10.8. The number of carbonyl (C=O) groups is 2. The lowest BCUT2D eigenvalue weighted by Crippen LogP contribution is -2.42. The molecule has 0 aromatic heterocycles. The standard InChI is InChI=1S/C17H26N4O4/c1-6-7-12-21(17(25-5)19-15(22)20(2)3)16(23)18-13-8-10-14(24-4)11-9-13/h8-11H,6-7,12H2,1-5H3,(H,18,23). The zero-order chi connectivity index (χ0) is 18.8. The van der Waals surface area contributed by atoms with Crippen molar-refractivity contribution in [2.75, 3.05) is 40.2 Å². The van der Waals surface area contributed by atoms with Crippen molar-refractivity contribution in [3.05, 3.63) is 24.3 Å². The number of unbranched alkanes of at least 4 members (excludes halogenated alkanes) is 1. The van der Waals surface area contributed by atoms with E-state index in [1.807, 2.05) is 6.92 Å². The van der Waals surface area contributed by atoms with Gasteiger partial charge in [0.15, 0.2) is 0 Å². The third kappa shape index (κ3) is 6.33. The first-order chi connectivity index (χ1) is 11.9. The minimum atomic E-state index is -0.504. The van der Waals surface area contributed by atoms with Gasteiger partial charge in [0.25, 0.3) is 0 Å². The molecule has 0 aliphatic carbocycles. The zero-order valence-corrected chi connectivity index (χ0v) is 15.4. The van der Waals surface area contributed by atoms with Crippen LogP contribution in [-0.2, 0) is 4.74 Å². The Bertz CT molecular complexity index is 599. The first-order valence-corrected chi connectivity index (χ1v) is 7.99. The summed E-state index contributed by atoms with van der Waals surface area (Å²) in [7, 11) is 6.10. The second-order valence-corrected chi connectivity index (χ2v) is 5.44. The highest BCUT2D eigenvalue weighted by Crippen LogP contribution is 2.16. The highest BCUT2D eigenvalue weighted by atomic mass is 16.5. The highest BCUT2D eigenvalue weighted by Gasteiger charge is 2.22. The Hall–Kier alpha value is -2.77. The van der Waals surface area contributed by atoms with Gasteiger partial charge < -0.3 is 19.7 Å². The number of amides is 4. The summed E-state index contributed by atoms with van der Waals surface area (Å²) in [4.78, 5) is 30.9. The second kappa shape index (κ2) is 10.2. The van der Waals surface area contributed by atoms with Crippen LogP contribution in [0.25, 0.3) is 0 Å². The molecule has 25 heavy (non-hydrogen) atoms. The number of nitrogens with one attached hydrogen (secondary N) is 1. The van der Waals surface area contributed by atoms with Crippen molar-refractivity contribution in [3.8, 4) is 5.75 Å². The van der Waals surface area contributed by atoms with E-state index in [0.717, 1.165) is 12.8 Å². The number of rotatable bonds is 5. The molecular formula is C17H26N4O4. The van der Waals surface area contributed by atoms with E-state index in [4.69, 9.17) is 9.47 Å². The van der Waals surface area contributed by atoms with E-state index in [2.05, 4.69) is 10.3 Å². The molecular weight excluding hydrogens is 324 g/mol. The molecule has 0 atom stereocenters. The number of nitrogens with zero attached hydrogens (tertiary/aromatic N) is 3. The second-order valence-electron chi connectivity index (χ2n) is 5.44. The van der Waals surface area contributed by atoms with Crippen molar-refractivity contribution in [2.24, 2.45) is 4.99 Å². The summed E-state index contributed by atoms with van der Waals surface area (Å²) in [5.74, 6) is 0.691. The van der Waals surface area contributed by atoms with Gasteiger partial charge in [0.1, 0.15) is 5.75 Å². The molecule has 1 rings (SSSR count). The van der Waals surface area contributed by atoms with Crippen molar-refractivity contribution in [1.82, 2.24) is 9.80 Å². The molecule has 1 aromatic carbocycles. The van der Waals surface area contributed by atoms with Crippen LogP contribution in [0.3, 0.4) is 0 Å². The Kier molecular flexibility index (Phi) is 8.25. The van der Waals surface area contributed by atoms with Crippen LogP contribution in [0.15, 0.2) is 29.3 Å². The highest BCUT2D eigenvalue weighted by molar-refractivity contribution is 6.03. The van der Waals surface area contributed by atoms with Gasteiger partial charge in [0.2, 0.25) is 0 Å². The summed E-state index contributed by atoms with van der Waals surface area (Å²) in [5, 5.41) is 2.77. The topological polar surface area (TPSA) is 83.5 Å². The fraction of sp³-hybridized carbons (Fsp3) is 0.471. The number of hydrogen-bond acceptors (Lipinski definition) is 4. The molecule has 0 spiro atoms. The summed E-state index contributed by atoms with van der Waals surface area (Å²) in [6.07, 6.45) is 1.62. The molecule has 8 heteroatoms. The van der Waals surface area contributed by atoms with Gasteiger partial charge in [-0.15, -0.1) is 4.99 Å². The first-order valence-electron chi connectivity index (χ1n) is 7.99. The Morgan fingerprint density at radius 1 is 1.16 bits per heavy atom. The Balaban J connectivity index is 2.97. The van der Waals surface area contributed by atoms with Crippen LogP contribution >= 0.6 is 0 Å². The predicted molar refractivity (Wildman–Crippen MR) is 97.2 cm³/mol. The van der Waals surface area contributed by atoms with E-state index >= 15 is 0 Å². The van der Waals surface area contributed by atoms with Crippen LogP contribution in [-0.4, -0.2) is 62.7 Å². The summed E-state index contributed by atoms with van der Waals surface area (Å²) < 4.78 is 10.3. The van der Waals surface area contributed by atoms with Crippen LogP contribution in [0, 0.1) is 0 Å². The van der Waals surface area contributed by atoms with E-state index in [9.17, 15) is 9.59 Å². The van der Waals surface area contributed by atoms with Crippen LogP contribution in [0.2, 0.25) is 0 Å². The maximum Gasteiger partial charge on any atom is 0.347 e. The van der Waals surface area contributed by atoms with E-state index in [1.165, 1.54) is 16.9 Å². The lowest BCUT2D eigenvalue weighted by molar-refractivity contribution is 0.215. The minimum Gasteiger partial charge on any atom is -0.497 e. The van der Waals surface area contributed by atoms with E-state index in [-0.39, 0.29) is 6.02 Å². The Morgan fingerprint density at radius 2 is 1.80 bits per heavy atom. The summed E-state index contributed by atoms with van der Waals surface area (Å²) in [6.45, 7) is 2.39. The smallest absolute Gasteiger partial charge is 0.347 e. The third-order valence-corrected chi connectivity index (χ3v) is 3.31. The zero-order valence-electron chi connectivity index (χ0n) is 15.4. The lowest BCUT2D eigenvalue weighted by Gasteiger charge is -2.23. The predicted octanol–water partition coefficient (Wildman–Crippen LogP) is 3.01. The van der Waals surface area contributed by atoms with Crippen molar-refractivity contribution in [3.63, 3.8) is 0 Å². The first kappa shape index (κ1) is 20.3. The molecule has 0 saturated heterocycles. The minimum absolute atomic E-state index is 0.0434. The fourth-order valence-electron chi connectivity index (χ4n) is 1.86. The SMILES string of the molecule is CCCCN(C(=O)Nc1ccc(OC)cc1)C(=NC(=O)N(C)C)OC. The number of urea groups is 2. The number of methoxy groups -OCH3 is 2. The molecule has 0 bridgehead atoms. The van der Waals surface area contributed by atoms with Gasteiger partial charge in [-0.2, -0.15) is 0 Å². The quantitative estimate of drug-likeness (QED) is 0.653. The van der Waals surface area contributed by atoms with Gasteiger partial charge in [-0.25, -0.2) is 14.5 Å². The van der Waals surface area contributed by atoms with Crippen molar-refractivity contribution in [2.45, 2.75) is 19.8 Å². The molecule has 0 saturated carbocycles. The van der Waals surface area contributed by atoms with Crippen molar-refractivity contribution >= 4 is 23.8 Å². The number of amidine groups is 1. The fourth-order valence-corrected chi connectivity index (χ4v) is 1.86. The molecule has 0 aliphatic rings. The van der Waals surface area contributed by atoms with Gasteiger partial charge >= 0.3 is 18.1 Å². The summed E-state index contributed by atoms with van der Waals surface area (Å²) in [5.41, 5.74) is 0.599. The average molecular weight is 350 g/mol. The third-order valence-electron chi connectivity index (χ3n) is 3.31. The molecule has 0 unspecified atom stereocenters. The average Bonchev–Trinajstić information content (AvgIpc) is 2.61. The summed E-state index contributed by atoms with van der Waals surface area (Å²) in [6, 6.07) is 5.96. The van der Waals surface area contributed by atoms with E-state index in [0.29, 0.717) is 18.0 Å². The van der Waals surface area contributed by atoms with Gasteiger partial charge in [-0.3, -0.25) is 0 Å². The van der Waals surface area contributed by atoms with Crippen LogP contribution < -0.4 is 10.1 Å². The van der Waals surface area contributed by atoms with Crippen molar-refractivity contribution < 1.29 is 19.1 Å². The largest absolute Gasteiger partial charge is 0.497 e. The van der Waals surface area contributed by atoms with E-state index < -0.39 is 12.1 Å². The van der Waals surface area contributed by atoms with E-state index in [1.54, 1.807) is 45.5 Å². The number of ether oxygens (including phenoxy) is 2. The van der Waals surface area contributed by atoms with Crippen LogP contribution in [0.1, 0.15) is 19.8 Å². The number of carbonyl (C=O) groups excluding carboxylic acids is 2.